The summed E-state index contributed by atoms with van der Waals surface area (Å²) < 4.78 is 0.679. The van der Waals surface area contributed by atoms with Crippen molar-refractivity contribution in [3.63, 3.8) is 0 Å². The number of allylic oxidation sites excluding steroid dienone is 1. The van der Waals surface area contributed by atoms with Crippen LogP contribution in [0.1, 0.15) is 42.3 Å². The number of alkyl halides is 1. The van der Waals surface area contributed by atoms with E-state index < -0.39 is 27.7 Å². The molecule has 2 N–H and O–H groups in total. The lowest BCUT2D eigenvalue weighted by Gasteiger charge is -2.26. The summed E-state index contributed by atoms with van der Waals surface area (Å²) in [6.45, 7) is 7.47. The van der Waals surface area contributed by atoms with Crippen molar-refractivity contribution in [2.24, 2.45) is 0 Å². The fraction of sp³-hybridized carbons (Fsp3) is 0.389. The maximum absolute atomic E-state index is 12.9. The monoisotopic (exact) mass is 476 g/mol. The molecule has 0 spiro atoms. The summed E-state index contributed by atoms with van der Waals surface area (Å²) in [5.74, 6) is -0.693. The number of hydrogen-bond acceptors (Lipinski definition) is 4. The zero-order chi connectivity index (χ0) is 20.7. The van der Waals surface area contributed by atoms with Crippen LogP contribution in [-0.4, -0.2) is 27.4 Å². The van der Waals surface area contributed by atoms with Crippen molar-refractivity contribution in [1.29, 1.82) is 0 Å². The lowest BCUT2D eigenvalue weighted by Crippen LogP contribution is -2.42. The van der Waals surface area contributed by atoms with Gasteiger partial charge >= 0.3 is 0 Å². The first-order valence-electron chi connectivity index (χ1n) is 8.05. The van der Waals surface area contributed by atoms with Gasteiger partial charge in [0.25, 0.3) is 11.6 Å². The molecule has 0 fully saturated rings. The Bertz CT molecular complexity index is 875. The Morgan fingerprint density at radius 3 is 2.48 bits per heavy atom. The largest absolute Gasteiger partial charge is 0.507 e. The Kier molecular flexibility index (Phi) is 6.29. The highest BCUT2D eigenvalue weighted by molar-refractivity contribution is 9.10. The molecule has 1 aromatic carbocycles. The second kappa shape index (κ2) is 7.81. The molecule has 2 unspecified atom stereocenters. The molecule has 1 aliphatic rings. The van der Waals surface area contributed by atoms with E-state index >= 15 is 0 Å². The van der Waals surface area contributed by atoms with Gasteiger partial charge in [0.1, 0.15) is 5.75 Å². The van der Waals surface area contributed by atoms with Gasteiger partial charge in [0.2, 0.25) is 0 Å². The summed E-state index contributed by atoms with van der Waals surface area (Å²) in [4.78, 5) is 23.2. The highest BCUT2D eigenvalue weighted by Gasteiger charge is 2.33. The molecule has 1 aliphatic carbocycles. The number of aromatic hydroxyl groups is 1. The van der Waals surface area contributed by atoms with Gasteiger partial charge < -0.3 is 10.4 Å². The average molecular weight is 478 g/mol. The highest BCUT2D eigenvalue weighted by Crippen LogP contribution is 2.39. The van der Waals surface area contributed by atoms with Crippen LogP contribution in [-0.2, 0) is 5.41 Å². The number of hydrogen-bond donors (Lipinski definition) is 2. The predicted molar refractivity (Wildman–Crippen MR) is 109 cm³/mol. The van der Waals surface area contributed by atoms with E-state index in [1.807, 2.05) is 20.8 Å². The standard InChI is InChI=1S/C18H19BrCl2N2O4/c1-8-11(19)7-10(18(2,3)4)16(24)14(8)17(25)22-15-12(20)5-9(23(26)27)6-13(15)21/h5-7,12,15,24H,1-4H3,(H,22,25). The number of phenols is 1. The Morgan fingerprint density at radius 1 is 1.41 bits per heavy atom. The molecule has 1 amide bonds. The second-order valence-corrected chi connectivity index (χ2v) is 9.07. The summed E-state index contributed by atoms with van der Waals surface area (Å²) in [6, 6.07) is 0.936. The quantitative estimate of drug-likeness (QED) is 0.372. The smallest absolute Gasteiger partial charge is 0.268 e. The summed E-state index contributed by atoms with van der Waals surface area (Å²) in [5, 5.41) is 23.4. The zero-order valence-corrected chi connectivity index (χ0v) is 18.2. The first kappa shape index (κ1) is 21.7. The summed E-state index contributed by atoms with van der Waals surface area (Å²) in [7, 11) is 0. The molecule has 0 radical (unpaired) electrons. The molecule has 146 valence electrons. The van der Waals surface area contributed by atoms with Gasteiger partial charge in [-0.15, -0.1) is 11.6 Å². The maximum Gasteiger partial charge on any atom is 0.268 e. The van der Waals surface area contributed by atoms with Crippen LogP contribution in [0.3, 0.4) is 0 Å². The lowest BCUT2D eigenvalue weighted by atomic mass is 9.84. The average Bonchev–Trinajstić information content (AvgIpc) is 2.53. The Morgan fingerprint density at radius 2 is 2.00 bits per heavy atom. The zero-order valence-electron chi connectivity index (χ0n) is 15.1. The Labute approximate surface area is 175 Å². The van der Waals surface area contributed by atoms with Gasteiger partial charge in [-0.3, -0.25) is 14.9 Å². The Hall–Kier alpha value is -1.57. The number of nitrogens with zero attached hydrogens (tertiary/aromatic N) is 1. The van der Waals surface area contributed by atoms with Crippen LogP contribution >= 0.6 is 39.1 Å². The van der Waals surface area contributed by atoms with E-state index in [1.165, 1.54) is 6.08 Å². The first-order valence-corrected chi connectivity index (χ1v) is 9.66. The van der Waals surface area contributed by atoms with Crippen LogP contribution in [0.2, 0.25) is 0 Å². The molecule has 0 aliphatic heterocycles. The number of benzene rings is 1. The van der Waals surface area contributed by atoms with Crippen LogP contribution in [0.5, 0.6) is 5.75 Å². The molecule has 0 saturated carbocycles. The summed E-state index contributed by atoms with van der Waals surface area (Å²) in [6.07, 6.45) is 2.37. The van der Waals surface area contributed by atoms with Crippen molar-refractivity contribution < 1.29 is 14.8 Å². The van der Waals surface area contributed by atoms with Gasteiger partial charge in [-0.25, -0.2) is 0 Å². The second-order valence-electron chi connectivity index (χ2n) is 7.28. The van der Waals surface area contributed by atoms with Crippen LogP contribution in [0, 0.1) is 17.0 Å². The van der Waals surface area contributed by atoms with Gasteiger partial charge in [0.05, 0.1) is 21.9 Å². The SMILES string of the molecule is Cc1c(Br)cc(C(C)(C)C)c(O)c1C(=O)NC1C(Cl)=CC([N+](=O)[O-])=CC1Cl. The van der Waals surface area contributed by atoms with Crippen LogP contribution in [0.25, 0.3) is 0 Å². The molecule has 27 heavy (non-hydrogen) atoms. The van der Waals surface area contributed by atoms with E-state index in [0.717, 1.165) is 6.08 Å². The molecule has 2 rings (SSSR count). The molecule has 2 atom stereocenters. The molecular weight excluding hydrogens is 459 g/mol. The van der Waals surface area contributed by atoms with Crippen molar-refractivity contribution in [1.82, 2.24) is 5.32 Å². The lowest BCUT2D eigenvalue weighted by molar-refractivity contribution is -0.419. The third-order valence-corrected chi connectivity index (χ3v) is 5.81. The van der Waals surface area contributed by atoms with Crippen LogP contribution in [0.4, 0.5) is 0 Å². The molecule has 0 aromatic heterocycles. The molecule has 0 heterocycles. The minimum Gasteiger partial charge on any atom is -0.507 e. The topological polar surface area (TPSA) is 92.5 Å². The van der Waals surface area contributed by atoms with Gasteiger partial charge in [-0.2, -0.15) is 0 Å². The highest BCUT2D eigenvalue weighted by atomic mass is 79.9. The molecule has 9 heteroatoms. The predicted octanol–water partition coefficient (Wildman–Crippen LogP) is 4.76. The van der Waals surface area contributed by atoms with Gasteiger partial charge in [0.15, 0.2) is 0 Å². The van der Waals surface area contributed by atoms with Crippen molar-refractivity contribution >= 4 is 45.0 Å². The summed E-state index contributed by atoms with van der Waals surface area (Å²) in [5.41, 5.74) is 0.638. The number of carbonyl (C=O) groups excluding carboxylic acids is 1. The normalized spacial score (nSPS) is 20.0. The van der Waals surface area contributed by atoms with Gasteiger partial charge in [-0.05, 0) is 24.0 Å². The number of nitro groups is 1. The Balaban J connectivity index is 2.42. The van der Waals surface area contributed by atoms with E-state index in [1.54, 1.807) is 13.0 Å². The van der Waals surface area contributed by atoms with Crippen molar-refractivity contribution in [2.45, 2.75) is 44.5 Å². The first-order chi connectivity index (χ1) is 12.3. The maximum atomic E-state index is 12.9. The molecule has 0 bridgehead atoms. The number of carbonyl (C=O) groups is 1. The molecule has 0 saturated heterocycles. The van der Waals surface area contributed by atoms with Crippen molar-refractivity contribution in [2.75, 3.05) is 0 Å². The van der Waals surface area contributed by atoms with E-state index in [9.17, 15) is 20.0 Å². The van der Waals surface area contributed by atoms with E-state index in [-0.39, 0.29) is 22.0 Å². The molecular formula is C18H19BrCl2N2O4. The fourth-order valence-corrected chi connectivity index (χ4v) is 3.87. The van der Waals surface area contributed by atoms with Gasteiger partial charge in [0, 0.05) is 27.2 Å². The number of rotatable bonds is 3. The molecule has 6 nitrogen and oxygen atoms in total. The van der Waals surface area contributed by atoms with Crippen molar-refractivity contribution in [3.8, 4) is 5.75 Å². The minimum atomic E-state index is -0.900. The number of amides is 1. The van der Waals surface area contributed by atoms with Crippen molar-refractivity contribution in [3.05, 3.63) is 60.2 Å². The fourth-order valence-electron chi connectivity index (χ4n) is 2.75. The molecule has 1 aromatic rings. The number of nitrogens with one attached hydrogen (secondary N) is 1. The van der Waals surface area contributed by atoms with E-state index in [0.29, 0.717) is 15.6 Å². The third-order valence-electron chi connectivity index (χ3n) is 4.26. The van der Waals surface area contributed by atoms with Crippen LogP contribution in [0.15, 0.2) is 33.4 Å². The number of halogens is 3. The van der Waals surface area contributed by atoms with Gasteiger partial charge in [-0.1, -0.05) is 48.3 Å². The van der Waals surface area contributed by atoms with E-state index in [2.05, 4.69) is 21.2 Å². The summed E-state index contributed by atoms with van der Waals surface area (Å²) >= 11 is 15.7. The third kappa shape index (κ3) is 4.47. The number of phenolic OH excluding ortho intramolecular Hbond substituents is 1. The van der Waals surface area contributed by atoms with E-state index in [4.69, 9.17) is 23.2 Å². The van der Waals surface area contributed by atoms with Crippen LogP contribution < -0.4 is 5.32 Å². The minimum absolute atomic E-state index is 0.0423.